The van der Waals surface area contributed by atoms with Gasteiger partial charge in [-0.15, -0.1) is 0 Å². The molecule has 29 heavy (non-hydrogen) atoms. The number of carbonyl (C=O) groups is 1. The van der Waals surface area contributed by atoms with Gasteiger partial charge in [0.25, 0.3) is 5.91 Å². The molecule has 0 aromatic heterocycles. The van der Waals surface area contributed by atoms with E-state index < -0.39 is 0 Å². The van der Waals surface area contributed by atoms with E-state index in [4.69, 9.17) is 18.9 Å². The first kappa shape index (κ1) is 21.0. The van der Waals surface area contributed by atoms with Crippen LogP contribution in [0.1, 0.15) is 21.5 Å². The molecule has 0 bridgehead atoms. The van der Waals surface area contributed by atoms with Crippen molar-refractivity contribution in [3.05, 3.63) is 53.1 Å². The normalized spacial score (nSPS) is 14.3. The molecular formula is C22H28N2O5. The molecule has 1 N–H and O–H groups in total. The van der Waals surface area contributed by atoms with Crippen molar-refractivity contribution in [1.29, 1.82) is 0 Å². The van der Waals surface area contributed by atoms with Gasteiger partial charge in [0.2, 0.25) is 5.75 Å². The Labute approximate surface area is 171 Å². The molecular weight excluding hydrogens is 372 g/mol. The van der Waals surface area contributed by atoms with Crippen LogP contribution in [-0.2, 0) is 17.8 Å². The number of nitrogens with one attached hydrogen (secondary N) is 1. The lowest BCUT2D eigenvalue weighted by Gasteiger charge is -2.26. The van der Waals surface area contributed by atoms with Gasteiger partial charge < -0.3 is 24.3 Å². The summed E-state index contributed by atoms with van der Waals surface area (Å²) in [4.78, 5) is 15.0. The van der Waals surface area contributed by atoms with Crippen LogP contribution in [0, 0.1) is 0 Å². The van der Waals surface area contributed by atoms with Crippen LogP contribution < -0.4 is 19.5 Å². The summed E-state index contributed by atoms with van der Waals surface area (Å²) in [5, 5.41) is 2.94. The quantitative estimate of drug-likeness (QED) is 0.734. The predicted molar refractivity (Wildman–Crippen MR) is 110 cm³/mol. The standard InChI is InChI=1S/C22H28N2O5/c1-26-19-12-18(13-20(27-2)21(19)28-3)22(25)23-14-16-4-6-17(7-5-16)15-24-8-10-29-11-9-24/h4-7,12-13H,8-11,14-15H2,1-3H3,(H,23,25). The van der Waals surface area contributed by atoms with Crippen LogP contribution >= 0.6 is 0 Å². The molecule has 0 atom stereocenters. The summed E-state index contributed by atoms with van der Waals surface area (Å²) in [6, 6.07) is 11.6. The molecule has 2 aromatic rings. The number of amides is 1. The fourth-order valence-corrected chi connectivity index (χ4v) is 3.28. The van der Waals surface area contributed by atoms with Gasteiger partial charge in [-0.2, -0.15) is 0 Å². The molecule has 0 unspecified atom stereocenters. The van der Waals surface area contributed by atoms with Gasteiger partial charge in [-0.1, -0.05) is 24.3 Å². The smallest absolute Gasteiger partial charge is 0.251 e. The number of hydrogen-bond acceptors (Lipinski definition) is 6. The third-order valence-electron chi connectivity index (χ3n) is 4.91. The van der Waals surface area contributed by atoms with Crippen LogP contribution in [0.3, 0.4) is 0 Å². The van der Waals surface area contributed by atoms with Crippen molar-refractivity contribution in [2.75, 3.05) is 47.6 Å². The zero-order valence-electron chi connectivity index (χ0n) is 17.2. The van der Waals surface area contributed by atoms with E-state index in [0.29, 0.717) is 29.4 Å². The summed E-state index contributed by atoms with van der Waals surface area (Å²) < 4.78 is 21.3. The Morgan fingerprint density at radius 2 is 1.55 bits per heavy atom. The number of methoxy groups -OCH3 is 3. The third-order valence-corrected chi connectivity index (χ3v) is 4.91. The lowest BCUT2D eigenvalue weighted by molar-refractivity contribution is 0.0342. The molecule has 1 saturated heterocycles. The topological polar surface area (TPSA) is 69.3 Å². The van der Waals surface area contributed by atoms with Gasteiger partial charge in [-0.3, -0.25) is 9.69 Å². The van der Waals surface area contributed by atoms with Crippen LogP contribution in [0.15, 0.2) is 36.4 Å². The van der Waals surface area contributed by atoms with E-state index in [1.54, 1.807) is 12.1 Å². The van der Waals surface area contributed by atoms with E-state index in [9.17, 15) is 4.79 Å². The molecule has 3 rings (SSSR count). The minimum absolute atomic E-state index is 0.207. The first-order chi connectivity index (χ1) is 14.1. The first-order valence-electron chi connectivity index (χ1n) is 9.60. The Morgan fingerprint density at radius 1 is 0.966 bits per heavy atom. The van der Waals surface area contributed by atoms with E-state index in [-0.39, 0.29) is 5.91 Å². The van der Waals surface area contributed by atoms with Crippen molar-refractivity contribution in [3.63, 3.8) is 0 Å². The summed E-state index contributed by atoms with van der Waals surface area (Å²) in [5.74, 6) is 1.15. The highest BCUT2D eigenvalue weighted by molar-refractivity contribution is 5.95. The molecule has 156 valence electrons. The Hall–Kier alpha value is -2.77. The second-order valence-corrected chi connectivity index (χ2v) is 6.80. The molecule has 1 amide bonds. The molecule has 0 spiro atoms. The highest BCUT2D eigenvalue weighted by atomic mass is 16.5. The molecule has 0 aliphatic carbocycles. The Balaban J connectivity index is 1.60. The van der Waals surface area contributed by atoms with E-state index in [0.717, 1.165) is 38.4 Å². The number of morpholine rings is 1. The van der Waals surface area contributed by atoms with Crippen LogP contribution in [-0.4, -0.2) is 58.4 Å². The van der Waals surface area contributed by atoms with Crippen molar-refractivity contribution in [2.45, 2.75) is 13.1 Å². The summed E-state index contributed by atoms with van der Waals surface area (Å²) in [5.41, 5.74) is 2.74. The maximum absolute atomic E-state index is 12.6. The summed E-state index contributed by atoms with van der Waals surface area (Å²) in [7, 11) is 4.58. The van der Waals surface area contributed by atoms with E-state index in [1.807, 2.05) is 12.1 Å². The minimum atomic E-state index is -0.207. The van der Waals surface area contributed by atoms with Gasteiger partial charge in [0, 0.05) is 31.7 Å². The second kappa shape index (κ2) is 10.1. The molecule has 0 saturated carbocycles. The number of benzene rings is 2. The van der Waals surface area contributed by atoms with E-state index in [1.165, 1.54) is 26.9 Å². The molecule has 7 nitrogen and oxygen atoms in total. The molecule has 0 radical (unpaired) electrons. The monoisotopic (exact) mass is 400 g/mol. The summed E-state index contributed by atoms with van der Waals surface area (Å²) in [6.45, 7) is 4.88. The SMILES string of the molecule is COc1cc(C(=O)NCc2ccc(CN3CCOCC3)cc2)cc(OC)c1OC. The summed E-state index contributed by atoms with van der Waals surface area (Å²) in [6.07, 6.45) is 0. The number of rotatable bonds is 8. The Bertz CT molecular complexity index is 791. The predicted octanol–water partition coefficient (Wildman–Crippen LogP) is 2.47. The molecule has 1 fully saturated rings. The maximum atomic E-state index is 12.6. The molecule has 1 aliphatic heterocycles. The molecule has 7 heteroatoms. The van der Waals surface area contributed by atoms with Crippen LogP contribution in [0.4, 0.5) is 0 Å². The van der Waals surface area contributed by atoms with Gasteiger partial charge in [0.15, 0.2) is 11.5 Å². The van der Waals surface area contributed by atoms with Crippen molar-refractivity contribution in [1.82, 2.24) is 10.2 Å². The van der Waals surface area contributed by atoms with Crippen LogP contribution in [0.2, 0.25) is 0 Å². The Morgan fingerprint density at radius 3 is 2.10 bits per heavy atom. The molecule has 1 aliphatic rings. The van der Waals surface area contributed by atoms with Gasteiger partial charge >= 0.3 is 0 Å². The van der Waals surface area contributed by atoms with Crippen molar-refractivity contribution in [3.8, 4) is 17.2 Å². The van der Waals surface area contributed by atoms with Gasteiger partial charge in [0.05, 0.1) is 34.5 Å². The highest BCUT2D eigenvalue weighted by Gasteiger charge is 2.17. The van der Waals surface area contributed by atoms with Gasteiger partial charge in [-0.05, 0) is 23.3 Å². The number of ether oxygens (including phenoxy) is 4. The number of hydrogen-bond donors (Lipinski definition) is 1. The van der Waals surface area contributed by atoms with E-state index in [2.05, 4.69) is 22.3 Å². The number of nitrogens with zero attached hydrogens (tertiary/aromatic N) is 1. The van der Waals surface area contributed by atoms with Crippen molar-refractivity contribution < 1.29 is 23.7 Å². The van der Waals surface area contributed by atoms with Crippen molar-refractivity contribution >= 4 is 5.91 Å². The van der Waals surface area contributed by atoms with Gasteiger partial charge in [0.1, 0.15) is 0 Å². The first-order valence-corrected chi connectivity index (χ1v) is 9.60. The number of carbonyl (C=O) groups excluding carboxylic acids is 1. The minimum Gasteiger partial charge on any atom is -0.493 e. The van der Waals surface area contributed by atoms with E-state index >= 15 is 0 Å². The third kappa shape index (κ3) is 5.40. The highest BCUT2D eigenvalue weighted by Crippen LogP contribution is 2.38. The lowest BCUT2D eigenvalue weighted by Crippen LogP contribution is -2.35. The average molecular weight is 400 g/mol. The molecule has 1 heterocycles. The molecule has 2 aromatic carbocycles. The average Bonchev–Trinajstić information content (AvgIpc) is 2.78. The van der Waals surface area contributed by atoms with Crippen molar-refractivity contribution in [2.24, 2.45) is 0 Å². The maximum Gasteiger partial charge on any atom is 0.251 e. The zero-order chi connectivity index (χ0) is 20.6. The Kier molecular flexibility index (Phi) is 7.32. The summed E-state index contributed by atoms with van der Waals surface area (Å²) >= 11 is 0. The van der Waals surface area contributed by atoms with Gasteiger partial charge in [-0.25, -0.2) is 0 Å². The second-order valence-electron chi connectivity index (χ2n) is 6.80. The fraction of sp³-hybridized carbons (Fsp3) is 0.409. The van der Waals surface area contributed by atoms with Crippen LogP contribution in [0.25, 0.3) is 0 Å². The lowest BCUT2D eigenvalue weighted by atomic mass is 10.1. The largest absolute Gasteiger partial charge is 0.493 e. The zero-order valence-corrected chi connectivity index (χ0v) is 17.2. The fourth-order valence-electron chi connectivity index (χ4n) is 3.28. The van der Waals surface area contributed by atoms with Crippen LogP contribution in [0.5, 0.6) is 17.2 Å².